The lowest BCUT2D eigenvalue weighted by Crippen LogP contribution is -2.20. The smallest absolute Gasteiger partial charge is 0.194 e. The molecule has 0 unspecified atom stereocenters. The van der Waals surface area contributed by atoms with Crippen molar-refractivity contribution in [3.8, 4) is 11.3 Å². The molecule has 0 spiro atoms. The van der Waals surface area contributed by atoms with Gasteiger partial charge < -0.3 is 14.5 Å². The summed E-state index contributed by atoms with van der Waals surface area (Å²) in [6.07, 6.45) is 3.66. The normalized spacial score (nSPS) is 10.9. The number of halogens is 1. The molecule has 1 aromatic carbocycles. The molecule has 0 saturated heterocycles. The van der Waals surface area contributed by atoms with Gasteiger partial charge in [-0.05, 0) is 47.7 Å². The van der Waals surface area contributed by atoms with Gasteiger partial charge in [-0.1, -0.05) is 12.1 Å². The molecular weight excluding hydrogens is 367 g/mol. The molecular formula is C15H19IN2O2. The number of nitrogens with one attached hydrogen (secondary N) is 1. The van der Waals surface area contributed by atoms with Crippen LogP contribution in [0.5, 0.6) is 0 Å². The van der Waals surface area contributed by atoms with E-state index in [1.807, 2.05) is 0 Å². The van der Waals surface area contributed by atoms with Crippen LogP contribution in [0.1, 0.15) is 12.3 Å². The van der Waals surface area contributed by atoms with Gasteiger partial charge in [-0.15, -0.1) is 0 Å². The minimum absolute atomic E-state index is 0.746. The Morgan fingerprint density at radius 2 is 2.05 bits per heavy atom. The first-order valence-corrected chi connectivity index (χ1v) is 7.78. The average Bonchev–Trinajstić information content (AvgIpc) is 2.92. The van der Waals surface area contributed by atoms with Crippen molar-refractivity contribution >= 4 is 22.6 Å². The third kappa shape index (κ3) is 4.88. The number of hydrogen-bond acceptors (Lipinski definition) is 4. The second-order valence-electron chi connectivity index (χ2n) is 4.47. The minimum Gasteiger partial charge on any atom is -0.441 e. The molecule has 1 N–H and O–H groups in total. The zero-order valence-electron chi connectivity index (χ0n) is 11.6. The van der Waals surface area contributed by atoms with Crippen molar-refractivity contribution in [2.45, 2.75) is 12.8 Å². The Morgan fingerprint density at radius 3 is 2.80 bits per heavy atom. The Bertz CT molecular complexity index is 511. The van der Waals surface area contributed by atoms with Crippen molar-refractivity contribution in [1.82, 2.24) is 10.3 Å². The Kier molecular flexibility index (Phi) is 6.49. The number of aromatic nitrogens is 1. The van der Waals surface area contributed by atoms with E-state index in [0.717, 1.165) is 49.8 Å². The zero-order chi connectivity index (χ0) is 14.2. The molecule has 1 heterocycles. The van der Waals surface area contributed by atoms with Crippen molar-refractivity contribution in [1.29, 1.82) is 0 Å². The van der Waals surface area contributed by atoms with Crippen LogP contribution >= 0.6 is 22.6 Å². The molecule has 2 aromatic rings. The van der Waals surface area contributed by atoms with Crippen molar-refractivity contribution in [3.63, 3.8) is 0 Å². The summed E-state index contributed by atoms with van der Waals surface area (Å²) in [6.45, 7) is 2.58. The van der Waals surface area contributed by atoms with Crippen LogP contribution in [0.2, 0.25) is 0 Å². The van der Waals surface area contributed by atoms with Gasteiger partial charge in [-0.25, -0.2) is 4.98 Å². The highest BCUT2D eigenvalue weighted by Crippen LogP contribution is 2.21. The van der Waals surface area contributed by atoms with Gasteiger partial charge in [0.25, 0.3) is 0 Å². The van der Waals surface area contributed by atoms with E-state index in [-0.39, 0.29) is 0 Å². The van der Waals surface area contributed by atoms with Crippen LogP contribution in [0.4, 0.5) is 0 Å². The van der Waals surface area contributed by atoms with Crippen molar-refractivity contribution in [3.05, 3.63) is 39.9 Å². The second kappa shape index (κ2) is 8.39. The Morgan fingerprint density at radius 1 is 1.25 bits per heavy atom. The number of oxazole rings is 1. The summed E-state index contributed by atoms with van der Waals surface area (Å²) in [5.74, 6) is 1.64. The van der Waals surface area contributed by atoms with Gasteiger partial charge in [-0.3, -0.25) is 0 Å². The predicted octanol–water partition coefficient (Wildman–Crippen LogP) is 3.11. The van der Waals surface area contributed by atoms with Gasteiger partial charge in [0.1, 0.15) is 0 Å². The molecule has 0 aliphatic rings. The summed E-state index contributed by atoms with van der Waals surface area (Å²) in [5, 5.41) is 3.31. The van der Waals surface area contributed by atoms with Crippen LogP contribution in [0.15, 0.2) is 34.9 Å². The van der Waals surface area contributed by atoms with E-state index in [1.165, 1.54) is 3.57 Å². The molecule has 2 rings (SSSR count). The molecule has 20 heavy (non-hydrogen) atoms. The SMILES string of the molecule is COCCNCCCc1ncc(-c2ccc(I)cc2)o1. The molecule has 108 valence electrons. The fourth-order valence-corrected chi connectivity index (χ4v) is 2.20. The highest BCUT2D eigenvalue weighted by Gasteiger charge is 2.06. The van der Waals surface area contributed by atoms with Crippen molar-refractivity contribution < 1.29 is 9.15 Å². The van der Waals surface area contributed by atoms with Crippen molar-refractivity contribution in [2.75, 3.05) is 26.8 Å². The number of rotatable bonds is 8. The molecule has 0 radical (unpaired) electrons. The van der Waals surface area contributed by atoms with Crippen LogP contribution < -0.4 is 5.32 Å². The number of hydrogen-bond donors (Lipinski definition) is 1. The van der Waals surface area contributed by atoms with Gasteiger partial charge >= 0.3 is 0 Å². The highest BCUT2D eigenvalue weighted by molar-refractivity contribution is 14.1. The Hall–Kier alpha value is -0.920. The molecule has 0 saturated carbocycles. The maximum absolute atomic E-state index is 5.77. The molecule has 1 aromatic heterocycles. The number of ether oxygens (including phenoxy) is 1. The van der Waals surface area contributed by atoms with E-state index in [1.54, 1.807) is 13.3 Å². The Labute approximate surface area is 133 Å². The van der Waals surface area contributed by atoms with Crippen LogP contribution in [-0.4, -0.2) is 31.8 Å². The maximum atomic E-state index is 5.77. The minimum atomic E-state index is 0.746. The van der Waals surface area contributed by atoms with E-state index in [0.29, 0.717) is 0 Å². The standard InChI is InChI=1S/C15H19IN2O2/c1-19-10-9-17-8-2-3-15-18-11-14(20-15)12-4-6-13(16)7-5-12/h4-7,11,17H,2-3,8-10H2,1H3. The van der Waals surface area contributed by atoms with Crippen LogP contribution in [0, 0.1) is 3.57 Å². The monoisotopic (exact) mass is 386 g/mol. The summed E-state index contributed by atoms with van der Waals surface area (Å²) >= 11 is 2.29. The lowest BCUT2D eigenvalue weighted by atomic mass is 10.2. The molecule has 0 amide bonds. The fourth-order valence-electron chi connectivity index (χ4n) is 1.84. The molecule has 4 nitrogen and oxygen atoms in total. The van der Waals surface area contributed by atoms with E-state index >= 15 is 0 Å². The number of aryl methyl sites for hydroxylation is 1. The number of nitrogens with zero attached hydrogens (tertiary/aromatic N) is 1. The first kappa shape index (κ1) is 15.5. The Balaban J connectivity index is 1.79. The van der Waals surface area contributed by atoms with E-state index < -0.39 is 0 Å². The molecule has 5 heteroatoms. The van der Waals surface area contributed by atoms with Crippen LogP contribution in [0.25, 0.3) is 11.3 Å². The van der Waals surface area contributed by atoms with E-state index in [9.17, 15) is 0 Å². The number of methoxy groups -OCH3 is 1. The average molecular weight is 386 g/mol. The summed E-state index contributed by atoms with van der Waals surface area (Å²) in [7, 11) is 1.71. The first-order valence-electron chi connectivity index (χ1n) is 6.70. The van der Waals surface area contributed by atoms with Gasteiger partial charge in [-0.2, -0.15) is 0 Å². The van der Waals surface area contributed by atoms with Crippen LogP contribution in [0.3, 0.4) is 0 Å². The van der Waals surface area contributed by atoms with Gasteiger partial charge in [0.15, 0.2) is 11.7 Å². The van der Waals surface area contributed by atoms with E-state index in [2.05, 4.69) is 57.2 Å². The molecule has 0 fully saturated rings. The van der Waals surface area contributed by atoms with Crippen LogP contribution in [-0.2, 0) is 11.2 Å². The topological polar surface area (TPSA) is 47.3 Å². The molecule has 0 bridgehead atoms. The quantitative estimate of drug-likeness (QED) is 0.560. The maximum Gasteiger partial charge on any atom is 0.194 e. The van der Waals surface area contributed by atoms with E-state index in [4.69, 9.17) is 9.15 Å². The summed E-state index contributed by atoms with van der Waals surface area (Å²) in [6, 6.07) is 8.24. The lowest BCUT2D eigenvalue weighted by molar-refractivity contribution is 0.199. The van der Waals surface area contributed by atoms with Crippen molar-refractivity contribution in [2.24, 2.45) is 0 Å². The largest absolute Gasteiger partial charge is 0.441 e. The first-order chi connectivity index (χ1) is 9.79. The third-order valence-corrected chi connectivity index (χ3v) is 3.63. The van der Waals surface area contributed by atoms with Gasteiger partial charge in [0.05, 0.1) is 12.8 Å². The summed E-state index contributed by atoms with van der Waals surface area (Å²) < 4.78 is 12.0. The molecule has 0 aliphatic carbocycles. The van der Waals surface area contributed by atoms with Gasteiger partial charge in [0, 0.05) is 29.2 Å². The highest BCUT2D eigenvalue weighted by atomic mass is 127. The fraction of sp³-hybridized carbons (Fsp3) is 0.400. The zero-order valence-corrected chi connectivity index (χ0v) is 13.7. The molecule has 0 aliphatic heterocycles. The summed E-state index contributed by atoms with van der Waals surface area (Å²) in [4.78, 5) is 4.33. The molecule has 0 atom stereocenters. The third-order valence-electron chi connectivity index (χ3n) is 2.91. The van der Waals surface area contributed by atoms with Gasteiger partial charge in [0.2, 0.25) is 0 Å². The second-order valence-corrected chi connectivity index (χ2v) is 5.72. The lowest BCUT2D eigenvalue weighted by Gasteiger charge is -2.02. The summed E-state index contributed by atoms with van der Waals surface area (Å²) in [5.41, 5.74) is 1.07. The predicted molar refractivity (Wildman–Crippen MR) is 87.7 cm³/mol. The number of benzene rings is 1.